The fourth-order valence-electron chi connectivity index (χ4n) is 1.04. The molecule has 0 bridgehead atoms. The Labute approximate surface area is 96.1 Å². The second-order valence-electron chi connectivity index (χ2n) is 2.91. The molecule has 0 fully saturated rings. The molecule has 0 amide bonds. The second kappa shape index (κ2) is 6.56. The van der Waals surface area contributed by atoms with Crippen LogP contribution in [0.1, 0.15) is 19.5 Å². The predicted octanol–water partition coefficient (Wildman–Crippen LogP) is 3.60. The van der Waals surface area contributed by atoms with E-state index in [0.717, 1.165) is 5.69 Å². The minimum atomic E-state index is 0.582. The third-order valence-electron chi connectivity index (χ3n) is 1.74. The summed E-state index contributed by atoms with van der Waals surface area (Å²) < 4.78 is 5.46. The molecule has 3 heteroatoms. The van der Waals surface area contributed by atoms with Crippen LogP contribution in [0, 0.1) is 6.92 Å². The first-order valence-corrected chi connectivity index (χ1v) is 5.36. The van der Waals surface area contributed by atoms with Gasteiger partial charge < -0.3 is 4.74 Å². The normalized spacial score (nSPS) is 8.94. The van der Waals surface area contributed by atoms with E-state index in [0.29, 0.717) is 11.6 Å². The molecule has 16 heavy (non-hydrogen) atoms. The Morgan fingerprint density at radius 3 is 2.38 bits per heavy atom. The van der Waals surface area contributed by atoms with E-state index in [1.165, 1.54) is 0 Å². The molecule has 0 unspecified atom stereocenters. The maximum absolute atomic E-state index is 5.46. The van der Waals surface area contributed by atoms with Crippen LogP contribution in [-0.4, -0.2) is 9.97 Å². The first-order chi connectivity index (χ1) is 7.84. The van der Waals surface area contributed by atoms with Gasteiger partial charge in [0.25, 0.3) is 0 Å². The molecular weight excluding hydrogens is 200 g/mol. The number of hydrogen-bond donors (Lipinski definition) is 0. The van der Waals surface area contributed by atoms with Crippen molar-refractivity contribution >= 4 is 0 Å². The average Bonchev–Trinajstić information content (AvgIpc) is 2.36. The summed E-state index contributed by atoms with van der Waals surface area (Å²) in [7, 11) is 0. The van der Waals surface area contributed by atoms with E-state index in [9.17, 15) is 0 Å². The summed E-state index contributed by atoms with van der Waals surface area (Å²) in [5.41, 5.74) is 0.971. The number of aryl methyl sites for hydroxylation is 1. The number of rotatable bonds is 2. The average molecular weight is 216 g/mol. The van der Waals surface area contributed by atoms with Crippen LogP contribution in [0.5, 0.6) is 11.6 Å². The van der Waals surface area contributed by atoms with Crippen LogP contribution < -0.4 is 4.74 Å². The lowest BCUT2D eigenvalue weighted by atomic mass is 10.4. The Balaban J connectivity index is 0.000000606. The Bertz CT molecular complexity index is 398. The summed E-state index contributed by atoms with van der Waals surface area (Å²) in [4.78, 5) is 8.17. The molecule has 0 atom stereocenters. The van der Waals surface area contributed by atoms with Gasteiger partial charge in [-0.15, -0.1) is 0 Å². The number of hydrogen-bond acceptors (Lipinski definition) is 3. The molecule has 0 aliphatic heterocycles. The van der Waals surface area contributed by atoms with Gasteiger partial charge in [-0.25, -0.2) is 4.98 Å². The molecule has 0 aliphatic carbocycles. The second-order valence-corrected chi connectivity index (χ2v) is 2.91. The zero-order chi connectivity index (χ0) is 11.8. The minimum absolute atomic E-state index is 0.582. The minimum Gasteiger partial charge on any atom is -0.437 e. The van der Waals surface area contributed by atoms with E-state index < -0.39 is 0 Å². The highest BCUT2D eigenvalue weighted by molar-refractivity contribution is 5.24. The van der Waals surface area contributed by atoms with Crippen molar-refractivity contribution in [2.75, 3.05) is 0 Å². The summed E-state index contributed by atoms with van der Waals surface area (Å²) in [5.74, 6) is 1.28. The molecule has 0 saturated heterocycles. The van der Waals surface area contributed by atoms with Gasteiger partial charge in [0.1, 0.15) is 5.75 Å². The van der Waals surface area contributed by atoms with Crippen LogP contribution in [0.25, 0.3) is 0 Å². The van der Waals surface area contributed by atoms with Crippen molar-refractivity contribution in [2.45, 2.75) is 20.8 Å². The van der Waals surface area contributed by atoms with Crippen molar-refractivity contribution in [1.29, 1.82) is 0 Å². The number of ether oxygens (including phenoxy) is 1. The Hall–Kier alpha value is -1.90. The standard InChI is InChI=1S/C11H10N2O.C2H6/c1-9-5-6-10(8-13-9)14-11-4-2-3-7-12-11;1-2/h2-8H,1H3;1-2H3. The van der Waals surface area contributed by atoms with E-state index in [1.54, 1.807) is 18.5 Å². The maximum atomic E-state index is 5.46. The highest BCUT2D eigenvalue weighted by Gasteiger charge is 1.96. The fourth-order valence-corrected chi connectivity index (χ4v) is 1.04. The predicted molar refractivity (Wildman–Crippen MR) is 64.6 cm³/mol. The zero-order valence-corrected chi connectivity index (χ0v) is 9.84. The van der Waals surface area contributed by atoms with Crippen molar-refractivity contribution in [3.8, 4) is 11.6 Å². The van der Waals surface area contributed by atoms with E-state index in [1.807, 2.05) is 45.0 Å². The topological polar surface area (TPSA) is 35.0 Å². The quantitative estimate of drug-likeness (QED) is 0.769. The van der Waals surface area contributed by atoms with Crippen LogP contribution in [0.2, 0.25) is 0 Å². The van der Waals surface area contributed by atoms with Crippen molar-refractivity contribution in [2.24, 2.45) is 0 Å². The number of pyridine rings is 2. The van der Waals surface area contributed by atoms with E-state index in [2.05, 4.69) is 9.97 Å². The number of aromatic nitrogens is 2. The smallest absolute Gasteiger partial charge is 0.219 e. The summed E-state index contributed by atoms with van der Waals surface area (Å²) in [5, 5.41) is 0. The van der Waals surface area contributed by atoms with Gasteiger partial charge in [-0.3, -0.25) is 4.98 Å². The first kappa shape index (κ1) is 12.2. The summed E-state index contributed by atoms with van der Waals surface area (Å²) in [6.45, 7) is 5.94. The summed E-state index contributed by atoms with van der Waals surface area (Å²) >= 11 is 0. The molecule has 2 aromatic rings. The van der Waals surface area contributed by atoms with E-state index in [4.69, 9.17) is 4.74 Å². The molecule has 84 valence electrons. The van der Waals surface area contributed by atoms with Gasteiger partial charge in [-0.1, -0.05) is 19.9 Å². The monoisotopic (exact) mass is 216 g/mol. The van der Waals surface area contributed by atoms with Crippen LogP contribution in [0.3, 0.4) is 0 Å². The molecule has 0 saturated carbocycles. The van der Waals surface area contributed by atoms with Gasteiger partial charge in [0, 0.05) is 18.0 Å². The highest BCUT2D eigenvalue weighted by atomic mass is 16.5. The molecular formula is C13H16N2O. The molecule has 0 radical (unpaired) electrons. The SMILES string of the molecule is CC.Cc1ccc(Oc2ccccn2)cn1. The molecule has 0 aromatic carbocycles. The zero-order valence-electron chi connectivity index (χ0n) is 9.84. The van der Waals surface area contributed by atoms with Crippen molar-refractivity contribution < 1.29 is 4.74 Å². The van der Waals surface area contributed by atoms with Crippen molar-refractivity contribution in [3.63, 3.8) is 0 Å². The molecule has 0 spiro atoms. The molecule has 2 aromatic heterocycles. The molecule has 0 aliphatic rings. The third-order valence-corrected chi connectivity index (χ3v) is 1.74. The van der Waals surface area contributed by atoms with Crippen LogP contribution in [0.4, 0.5) is 0 Å². The lowest BCUT2D eigenvalue weighted by Crippen LogP contribution is -1.88. The molecule has 3 nitrogen and oxygen atoms in total. The van der Waals surface area contributed by atoms with Gasteiger partial charge in [-0.05, 0) is 25.1 Å². The molecule has 2 heterocycles. The van der Waals surface area contributed by atoms with Crippen LogP contribution in [0.15, 0.2) is 42.7 Å². The maximum Gasteiger partial charge on any atom is 0.219 e. The van der Waals surface area contributed by atoms with Crippen LogP contribution in [-0.2, 0) is 0 Å². The van der Waals surface area contributed by atoms with E-state index in [-0.39, 0.29) is 0 Å². The molecule has 2 rings (SSSR count). The van der Waals surface area contributed by atoms with Gasteiger partial charge in [-0.2, -0.15) is 0 Å². The fraction of sp³-hybridized carbons (Fsp3) is 0.231. The van der Waals surface area contributed by atoms with Crippen molar-refractivity contribution in [3.05, 3.63) is 48.4 Å². The lowest BCUT2D eigenvalue weighted by molar-refractivity contribution is 0.460. The highest BCUT2D eigenvalue weighted by Crippen LogP contribution is 2.16. The molecule has 0 N–H and O–H groups in total. The Morgan fingerprint density at radius 2 is 1.81 bits per heavy atom. The summed E-state index contributed by atoms with van der Waals surface area (Å²) in [6, 6.07) is 9.30. The van der Waals surface area contributed by atoms with E-state index >= 15 is 0 Å². The summed E-state index contributed by atoms with van der Waals surface area (Å²) in [6.07, 6.45) is 3.38. The van der Waals surface area contributed by atoms with Gasteiger partial charge in [0.2, 0.25) is 5.88 Å². The Kier molecular flexibility index (Phi) is 4.99. The Morgan fingerprint density at radius 1 is 1.00 bits per heavy atom. The van der Waals surface area contributed by atoms with Crippen LogP contribution >= 0.6 is 0 Å². The van der Waals surface area contributed by atoms with Gasteiger partial charge >= 0.3 is 0 Å². The number of nitrogens with zero attached hydrogens (tertiary/aromatic N) is 2. The largest absolute Gasteiger partial charge is 0.437 e. The lowest BCUT2D eigenvalue weighted by Gasteiger charge is -2.02. The van der Waals surface area contributed by atoms with Gasteiger partial charge in [0.05, 0.1) is 6.20 Å². The first-order valence-electron chi connectivity index (χ1n) is 5.36. The van der Waals surface area contributed by atoms with Gasteiger partial charge in [0.15, 0.2) is 0 Å². The van der Waals surface area contributed by atoms with Crippen molar-refractivity contribution in [1.82, 2.24) is 9.97 Å². The third kappa shape index (κ3) is 3.69.